The molecule has 0 saturated heterocycles. The standard InChI is InChI=1S/C19H25N5O2/c1-4-15(12-14-8-6-5-7-9-14)20-10-11-24-13-21-17-16(24)18(25)23(3)19(26)22(17)2/h5-9,13,15,20H,4,10-12H2,1-3H3. The maximum Gasteiger partial charge on any atom is 0.332 e. The molecule has 1 N–H and O–H groups in total. The van der Waals surface area contributed by atoms with Crippen molar-refractivity contribution in [1.29, 1.82) is 0 Å². The van der Waals surface area contributed by atoms with Gasteiger partial charge in [-0.2, -0.15) is 0 Å². The highest BCUT2D eigenvalue weighted by Crippen LogP contribution is 2.07. The molecule has 3 aromatic rings. The second-order valence-corrected chi connectivity index (χ2v) is 6.56. The Morgan fingerprint density at radius 3 is 2.54 bits per heavy atom. The molecule has 7 nitrogen and oxygen atoms in total. The number of nitrogens with one attached hydrogen (secondary N) is 1. The quantitative estimate of drug-likeness (QED) is 0.687. The largest absolute Gasteiger partial charge is 0.332 e. The minimum Gasteiger partial charge on any atom is -0.323 e. The van der Waals surface area contributed by atoms with Crippen LogP contribution in [0.5, 0.6) is 0 Å². The Morgan fingerprint density at radius 2 is 1.85 bits per heavy atom. The Labute approximate surface area is 151 Å². The van der Waals surface area contributed by atoms with E-state index in [1.807, 2.05) is 10.6 Å². The van der Waals surface area contributed by atoms with E-state index in [1.54, 1.807) is 13.4 Å². The van der Waals surface area contributed by atoms with E-state index in [0.29, 0.717) is 23.8 Å². The molecule has 0 bridgehead atoms. The van der Waals surface area contributed by atoms with Crippen LogP contribution in [0.1, 0.15) is 18.9 Å². The van der Waals surface area contributed by atoms with Gasteiger partial charge < -0.3 is 9.88 Å². The Kier molecular flexibility index (Phi) is 5.37. The molecule has 2 heterocycles. The van der Waals surface area contributed by atoms with Crippen LogP contribution < -0.4 is 16.6 Å². The van der Waals surface area contributed by atoms with Crippen LogP contribution in [-0.4, -0.2) is 31.3 Å². The van der Waals surface area contributed by atoms with Gasteiger partial charge in [-0.25, -0.2) is 9.78 Å². The van der Waals surface area contributed by atoms with Crippen molar-refractivity contribution in [3.05, 3.63) is 63.1 Å². The van der Waals surface area contributed by atoms with Gasteiger partial charge in [0.1, 0.15) is 0 Å². The van der Waals surface area contributed by atoms with Gasteiger partial charge in [0.05, 0.1) is 6.33 Å². The van der Waals surface area contributed by atoms with E-state index in [-0.39, 0.29) is 11.2 Å². The smallest absolute Gasteiger partial charge is 0.323 e. The zero-order valence-electron chi connectivity index (χ0n) is 15.5. The van der Waals surface area contributed by atoms with Crippen LogP contribution in [0.4, 0.5) is 0 Å². The van der Waals surface area contributed by atoms with Crippen LogP contribution in [-0.2, 0) is 27.1 Å². The number of fused-ring (bicyclic) bond motifs is 1. The van der Waals surface area contributed by atoms with E-state index in [9.17, 15) is 9.59 Å². The van der Waals surface area contributed by atoms with Crippen LogP contribution in [0.15, 0.2) is 46.2 Å². The molecule has 2 aromatic heterocycles. The van der Waals surface area contributed by atoms with Gasteiger partial charge >= 0.3 is 5.69 Å². The van der Waals surface area contributed by atoms with Crippen molar-refractivity contribution in [2.75, 3.05) is 6.54 Å². The van der Waals surface area contributed by atoms with Gasteiger partial charge in [-0.05, 0) is 18.4 Å². The lowest BCUT2D eigenvalue weighted by molar-refractivity contribution is 0.476. The van der Waals surface area contributed by atoms with Gasteiger partial charge in [0.25, 0.3) is 5.56 Å². The van der Waals surface area contributed by atoms with E-state index >= 15 is 0 Å². The van der Waals surface area contributed by atoms with E-state index in [0.717, 1.165) is 24.0 Å². The third-order valence-corrected chi connectivity index (χ3v) is 4.82. The molecule has 7 heteroatoms. The third kappa shape index (κ3) is 3.48. The summed E-state index contributed by atoms with van der Waals surface area (Å²) in [5, 5.41) is 3.55. The summed E-state index contributed by atoms with van der Waals surface area (Å²) < 4.78 is 4.35. The maximum absolute atomic E-state index is 12.4. The van der Waals surface area contributed by atoms with Crippen molar-refractivity contribution in [2.24, 2.45) is 14.1 Å². The Balaban J connectivity index is 1.72. The Morgan fingerprint density at radius 1 is 1.12 bits per heavy atom. The van der Waals surface area contributed by atoms with E-state index in [2.05, 4.69) is 41.5 Å². The van der Waals surface area contributed by atoms with Crippen molar-refractivity contribution in [1.82, 2.24) is 24.0 Å². The summed E-state index contributed by atoms with van der Waals surface area (Å²) in [6.45, 7) is 3.51. The molecule has 1 aromatic carbocycles. The number of nitrogens with zero attached hydrogens (tertiary/aromatic N) is 4. The van der Waals surface area contributed by atoms with Crippen LogP contribution in [0.2, 0.25) is 0 Å². The summed E-state index contributed by atoms with van der Waals surface area (Å²) in [5.41, 5.74) is 1.53. The van der Waals surface area contributed by atoms with E-state index < -0.39 is 0 Å². The molecule has 138 valence electrons. The molecule has 0 aliphatic carbocycles. The molecule has 1 unspecified atom stereocenters. The Bertz CT molecular complexity index is 1000. The Hall–Kier alpha value is -2.67. The molecule has 0 amide bonds. The summed E-state index contributed by atoms with van der Waals surface area (Å²) in [6, 6.07) is 10.8. The van der Waals surface area contributed by atoms with Gasteiger partial charge in [0.15, 0.2) is 11.2 Å². The number of imidazole rings is 1. The highest BCUT2D eigenvalue weighted by atomic mass is 16.2. The van der Waals surface area contributed by atoms with Crippen molar-refractivity contribution in [3.63, 3.8) is 0 Å². The number of aromatic nitrogens is 4. The number of hydrogen-bond acceptors (Lipinski definition) is 4. The van der Waals surface area contributed by atoms with Crippen molar-refractivity contribution >= 4 is 11.2 Å². The molecule has 0 fully saturated rings. The van der Waals surface area contributed by atoms with Crippen molar-refractivity contribution < 1.29 is 0 Å². The number of benzene rings is 1. The molecule has 0 saturated carbocycles. The minimum absolute atomic E-state index is 0.308. The van der Waals surface area contributed by atoms with Gasteiger partial charge in [-0.3, -0.25) is 13.9 Å². The average molecular weight is 355 g/mol. The monoisotopic (exact) mass is 355 g/mol. The van der Waals surface area contributed by atoms with Crippen LogP contribution in [0.25, 0.3) is 11.2 Å². The van der Waals surface area contributed by atoms with Crippen LogP contribution in [0.3, 0.4) is 0 Å². The molecule has 0 spiro atoms. The predicted molar refractivity (Wildman–Crippen MR) is 102 cm³/mol. The summed E-state index contributed by atoms with van der Waals surface area (Å²) in [4.78, 5) is 28.7. The fourth-order valence-electron chi connectivity index (χ4n) is 3.22. The summed E-state index contributed by atoms with van der Waals surface area (Å²) >= 11 is 0. The first-order valence-electron chi connectivity index (χ1n) is 8.91. The van der Waals surface area contributed by atoms with Gasteiger partial charge in [0, 0.05) is 33.2 Å². The SMILES string of the molecule is CCC(Cc1ccccc1)NCCn1cnc2c1c(=O)n(C)c(=O)n2C. The lowest BCUT2D eigenvalue weighted by Crippen LogP contribution is -2.38. The first-order valence-corrected chi connectivity index (χ1v) is 8.91. The number of aryl methyl sites for hydroxylation is 1. The molecular formula is C19H25N5O2. The third-order valence-electron chi connectivity index (χ3n) is 4.82. The molecular weight excluding hydrogens is 330 g/mol. The molecule has 26 heavy (non-hydrogen) atoms. The zero-order valence-corrected chi connectivity index (χ0v) is 15.5. The van der Waals surface area contributed by atoms with E-state index in [1.165, 1.54) is 17.2 Å². The normalized spacial score (nSPS) is 12.6. The topological polar surface area (TPSA) is 73.8 Å². The summed E-state index contributed by atoms with van der Waals surface area (Å²) in [6.07, 6.45) is 3.62. The molecule has 0 radical (unpaired) electrons. The van der Waals surface area contributed by atoms with Gasteiger partial charge in [0.2, 0.25) is 0 Å². The lowest BCUT2D eigenvalue weighted by atomic mass is 10.0. The molecule has 0 aliphatic heterocycles. The van der Waals surface area contributed by atoms with Crippen LogP contribution in [0, 0.1) is 0 Å². The van der Waals surface area contributed by atoms with Crippen LogP contribution >= 0.6 is 0 Å². The van der Waals surface area contributed by atoms with Gasteiger partial charge in [-0.15, -0.1) is 0 Å². The van der Waals surface area contributed by atoms with E-state index in [4.69, 9.17) is 0 Å². The minimum atomic E-state index is -0.361. The summed E-state index contributed by atoms with van der Waals surface area (Å²) in [5.74, 6) is 0. The highest BCUT2D eigenvalue weighted by Gasteiger charge is 2.14. The molecule has 0 aliphatic rings. The number of rotatable bonds is 7. The second kappa shape index (κ2) is 7.70. The fourth-order valence-corrected chi connectivity index (χ4v) is 3.22. The average Bonchev–Trinajstić information content (AvgIpc) is 3.08. The summed E-state index contributed by atoms with van der Waals surface area (Å²) in [7, 11) is 3.12. The van der Waals surface area contributed by atoms with Gasteiger partial charge in [-0.1, -0.05) is 37.3 Å². The zero-order chi connectivity index (χ0) is 18.7. The first kappa shape index (κ1) is 18.1. The molecule has 1 atom stereocenters. The van der Waals surface area contributed by atoms with Crippen molar-refractivity contribution in [2.45, 2.75) is 32.4 Å². The highest BCUT2D eigenvalue weighted by molar-refractivity contribution is 5.69. The fraction of sp³-hybridized carbons (Fsp3) is 0.421. The maximum atomic E-state index is 12.4. The number of hydrogen-bond donors (Lipinski definition) is 1. The lowest BCUT2D eigenvalue weighted by Gasteiger charge is -2.17. The predicted octanol–water partition coefficient (Wildman–Crippen LogP) is 1.04. The van der Waals surface area contributed by atoms with Crippen molar-refractivity contribution in [3.8, 4) is 0 Å². The second-order valence-electron chi connectivity index (χ2n) is 6.56. The molecule has 3 rings (SSSR count). The first-order chi connectivity index (χ1) is 12.5.